The highest BCUT2D eigenvalue weighted by molar-refractivity contribution is 5.90. The Kier molecular flexibility index (Phi) is 5.63. The zero-order valence-corrected chi connectivity index (χ0v) is 16.5. The van der Waals surface area contributed by atoms with Gasteiger partial charge in [0.05, 0.1) is 5.57 Å². The predicted molar refractivity (Wildman–Crippen MR) is 114 cm³/mol. The first kappa shape index (κ1) is 18.9. The molecule has 2 aliphatic carbocycles. The van der Waals surface area contributed by atoms with Crippen LogP contribution in [0.3, 0.4) is 0 Å². The molecule has 0 aliphatic heterocycles. The largest absolute Gasteiger partial charge is 0.478 e. The molecule has 1 unspecified atom stereocenters. The molecule has 146 valence electrons. The van der Waals surface area contributed by atoms with Gasteiger partial charge in [0.2, 0.25) is 0 Å². The molecular weight excluding hydrogens is 346 g/mol. The van der Waals surface area contributed by atoms with E-state index in [0.717, 1.165) is 6.42 Å². The average molecular weight is 376 g/mol. The quantitative estimate of drug-likeness (QED) is 0.711. The Bertz CT molecular complexity index is 908. The van der Waals surface area contributed by atoms with Crippen molar-refractivity contribution in [2.45, 2.75) is 51.1 Å². The van der Waals surface area contributed by atoms with Crippen molar-refractivity contribution in [3.05, 3.63) is 71.8 Å². The smallest absolute Gasteiger partial charge is 0.335 e. The highest BCUT2D eigenvalue weighted by Crippen LogP contribution is 2.36. The lowest BCUT2D eigenvalue weighted by atomic mass is 9.75. The van der Waals surface area contributed by atoms with Crippen LogP contribution in [0.1, 0.15) is 50.6 Å². The minimum atomic E-state index is -0.818. The van der Waals surface area contributed by atoms with E-state index in [-0.39, 0.29) is 0 Å². The first-order valence-electron chi connectivity index (χ1n) is 10.5. The summed E-state index contributed by atoms with van der Waals surface area (Å²) in [6.07, 6.45) is 11.5. The van der Waals surface area contributed by atoms with E-state index in [2.05, 4.69) is 60.8 Å². The van der Waals surface area contributed by atoms with Crippen LogP contribution in [0, 0.1) is 11.8 Å². The zero-order chi connectivity index (χ0) is 19.5. The maximum absolute atomic E-state index is 11.1. The summed E-state index contributed by atoms with van der Waals surface area (Å²) in [4.78, 5) is 11.1. The molecule has 0 aromatic heterocycles. The van der Waals surface area contributed by atoms with Crippen LogP contribution in [0.4, 0.5) is 0 Å². The van der Waals surface area contributed by atoms with Crippen LogP contribution in [-0.2, 0) is 4.79 Å². The standard InChI is InChI=1S/C25H29NO2/c1-17(23-11-5-7-19-6-2-3-10-24(19)23)26-22-9-4-8-21(16-22)18-12-14-20(15-13-18)25(27)28/h2-3,5-7,10-12,14-15,17-18,21-22,26H,4,8-9,13,16H2,1H3,(H,27,28)/t17-,18?,21+,22-/m1/s1. The molecule has 0 radical (unpaired) electrons. The molecule has 1 saturated carbocycles. The Morgan fingerprint density at radius 3 is 2.75 bits per heavy atom. The number of hydrogen-bond donors (Lipinski definition) is 2. The molecule has 0 heterocycles. The number of aliphatic carboxylic acids is 1. The van der Waals surface area contributed by atoms with Gasteiger partial charge in [-0.25, -0.2) is 4.79 Å². The van der Waals surface area contributed by atoms with Crippen LogP contribution in [0.25, 0.3) is 10.8 Å². The van der Waals surface area contributed by atoms with Crippen LogP contribution in [0.15, 0.2) is 66.3 Å². The molecule has 2 aromatic rings. The van der Waals surface area contributed by atoms with Crippen LogP contribution in [-0.4, -0.2) is 17.1 Å². The lowest BCUT2D eigenvalue weighted by Gasteiger charge is -2.36. The molecule has 3 nitrogen and oxygen atoms in total. The summed E-state index contributed by atoms with van der Waals surface area (Å²) in [7, 11) is 0. The summed E-state index contributed by atoms with van der Waals surface area (Å²) in [6.45, 7) is 2.27. The molecule has 2 aromatic carbocycles. The number of carboxylic acids is 1. The number of allylic oxidation sites excluding steroid dienone is 2. The van der Waals surface area contributed by atoms with Gasteiger partial charge < -0.3 is 10.4 Å². The molecule has 2 N–H and O–H groups in total. The van der Waals surface area contributed by atoms with Crippen LogP contribution in [0.2, 0.25) is 0 Å². The summed E-state index contributed by atoms with van der Waals surface area (Å²) in [5, 5.41) is 15.6. The van der Waals surface area contributed by atoms with Crippen molar-refractivity contribution in [2.24, 2.45) is 11.8 Å². The number of nitrogens with one attached hydrogen (secondary N) is 1. The summed E-state index contributed by atoms with van der Waals surface area (Å²) in [5.74, 6) is 0.288. The second-order valence-electron chi connectivity index (χ2n) is 8.30. The van der Waals surface area contributed by atoms with E-state index >= 15 is 0 Å². The van der Waals surface area contributed by atoms with Crippen molar-refractivity contribution in [1.29, 1.82) is 0 Å². The molecule has 0 spiro atoms. The lowest BCUT2D eigenvalue weighted by molar-refractivity contribution is -0.132. The van der Waals surface area contributed by atoms with Gasteiger partial charge in [-0.2, -0.15) is 0 Å². The van der Waals surface area contributed by atoms with E-state index in [0.29, 0.717) is 29.5 Å². The molecule has 0 bridgehead atoms. The van der Waals surface area contributed by atoms with Crippen LogP contribution >= 0.6 is 0 Å². The topological polar surface area (TPSA) is 49.3 Å². The first-order chi connectivity index (χ1) is 13.6. The second-order valence-corrected chi connectivity index (χ2v) is 8.30. The maximum atomic E-state index is 11.1. The monoisotopic (exact) mass is 375 g/mol. The molecule has 4 atom stereocenters. The number of benzene rings is 2. The normalized spacial score (nSPS) is 26.0. The van der Waals surface area contributed by atoms with Gasteiger partial charge in [-0.1, -0.05) is 67.1 Å². The van der Waals surface area contributed by atoms with E-state index < -0.39 is 5.97 Å². The first-order valence-corrected chi connectivity index (χ1v) is 10.5. The van der Waals surface area contributed by atoms with Crippen molar-refractivity contribution < 1.29 is 9.90 Å². The summed E-state index contributed by atoms with van der Waals surface area (Å²) < 4.78 is 0. The highest BCUT2D eigenvalue weighted by atomic mass is 16.4. The Hall–Kier alpha value is -2.39. The van der Waals surface area contributed by atoms with Crippen molar-refractivity contribution >= 4 is 16.7 Å². The fourth-order valence-corrected chi connectivity index (χ4v) is 4.98. The minimum Gasteiger partial charge on any atom is -0.478 e. The molecule has 3 heteroatoms. The van der Waals surface area contributed by atoms with Gasteiger partial charge >= 0.3 is 5.97 Å². The third-order valence-electron chi connectivity index (χ3n) is 6.48. The summed E-state index contributed by atoms with van der Waals surface area (Å²) in [5.41, 5.74) is 1.80. The Morgan fingerprint density at radius 2 is 1.96 bits per heavy atom. The molecule has 1 fully saturated rings. The number of rotatable bonds is 5. The van der Waals surface area contributed by atoms with Gasteiger partial charge in [0.25, 0.3) is 0 Å². The van der Waals surface area contributed by atoms with Crippen molar-refractivity contribution in [2.75, 3.05) is 0 Å². The molecule has 28 heavy (non-hydrogen) atoms. The maximum Gasteiger partial charge on any atom is 0.335 e. The summed E-state index contributed by atoms with van der Waals surface area (Å²) in [6, 6.07) is 16.0. The summed E-state index contributed by atoms with van der Waals surface area (Å²) >= 11 is 0. The van der Waals surface area contributed by atoms with Gasteiger partial charge in [-0.3, -0.25) is 0 Å². The predicted octanol–water partition coefficient (Wildman–Crippen LogP) is 5.64. The molecule has 4 rings (SSSR count). The zero-order valence-electron chi connectivity index (χ0n) is 16.5. The number of carboxylic acid groups (broad SMARTS) is 1. The van der Waals surface area contributed by atoms with Crippen LogP contribution in [0.5, 0.6) is 0 Å². The second kappa shape index (κ2) is 8.32. The van der Waals surface area contributed by atoms with E-state index in [1.165, 1.54) is 42.0 Å². The van der Waals surface area contributed by atoms with E-state index in [9.17, 15) is 4.79 Å². The van der Waals surface area contributed by atoms with E-state index in [4.69, 9.17) is 5.11 Å². The molecular formula is C25H29NO2. The Morgan fingerprint density at radius 1 is 1.14 bits per heavy atom. The molecule has 0 amide bonds. The van der Waals surface area contributed by atoms with Gasteiger partial charge in [-0.05, 0) is 60.8 Å². The minimum absolute atomic E-state index is 0.315. The highest BCUT2D eigenvalue weighted by Gasteiger charge is 2.29. The number of fused-ring (bicyclic) bond motifs is 1. The van der Waals surface area contributed by atoms with Crippen LogP contribution < -0.4 is 5.32 Å². The third-order valence-corrected chi connectivity index (χ3v) is 6.48. The van der Waals surface area contributed by atoms with Gasteiger partial charge in [0, 0.05) is 12.1 Å². The van der Waals surface area contributed by atoms with E-state index in [1.54, 1.807) is 6.08 Å². The SMILES string of the molecule is C[C@@H](N[C@@H]1CCC[C@H](C2C=CC(C(=O)O)=CC2)C1)c1cccc2ccccc12. The fourth-order valence-electron chi connectivity index (χ4n) is 4.98. The van der Waals surface area contributed by atoms with Crippen molar-refractivity contribution in [1.82, 2.24) is 5.32 Å². The molecule has 0 saturated heterocycles. The Balaban J connectivity index is 1.41. The fraction of sp³-hybridized carbons (Fsp3) is 0.400. The van der Waals surface area contributed by atoms with E-state index in [1.807, 2.05) is 6.08 Å². The molecule has 2 aliphatic rings. The van der Waals surface area contributed by atoms with Crippen molar-refractivity contribution in [3.63, 3.8) is 0 Å². The van der Waals surface area contributed by atoms with Gasteiger partial charge in [0.15, 0.2) is 0 Å². The van der Waals surface area contributed by atoms with Gasteiger partial charge in [0.1, 0.15) is 0 Å². The number of carbonyl (C=O) groups is 1. The van der Waals surface area contributed by atoms with Gasteiger partial charge in [-0.15, -0.1) is 0 Å². The third kappa shape index (κ3) is 4.05. The number of hydrogen-bond acceptors (Lipinski definition) is 2. The average Bonchev–Trinajstić information content (AvgIpc) is 2.73. The van der Waals surface area contributed by atoms with Crippen molar-refractivity contribution in [3.8, 4) is 0 Å². The lowest BCUT2D eigenvalue weighted by Crippen LogP contribution is -2.37. The Labute approximate surface area is 167 Å².